The van der Waals surface area contributed by atoms with E-state index in [9.17, 15) is 8.42 Å². The standard InChI is InChI=1S/C10H5BrClN3O2S/c11-8-3-1-2-4-9(8)15-10(18(12,16)17)7(5-13)6-14-15/h1-4,6H. The van der Waals surface area contributed by atoms with Crippen molar-refractivity contribution in [2.24, 2.45) is 0 Å². The highest BCUT2D eigenvalue weighted by molar-refractivity contribution is 9.10. The Bertz CT molecular complexity index is 749. The lowest BCUT2D eigenvalue weighted by atomic mass is 10.3. The van der Waals surface area contributed by atoms with Gasteiger partial charge in [0.1, 0.15) is 11.6 Å². The number of nitrogens with zero attached hydrogens (tertiary/aromatic N) is 3. The van der Waals surface area contributed by atoms with Gasteiger partial charge in [0, 0.05) is 15.2 Å². The summed E-state index contributed by atoms with van der Waals surface area (Å²) in [7, 11) is 1.27. The smallest absolute Gasteiger partial charge is 0.218 e. The van der Waals surface area contributed by atoms with E-state index in [1.807, 2.05) is 0 Å². The normalized spacial score (nSPS) is 11.2. The molecule has 0 atom stereocenters. The highest BCUT2D eigenvalue weighted by Crippen LogP contribution is 2.27. The fourth-order valence-electron chi connectivity index (χ4n) is 1.44. The van der Waals surface area contributed by atoms with Crippen molar-refractivity contribution in [1.82, 2.24) is 9.78 Å². The molecule has 1 heterocycles. The SMILES string of the molecule is N#Cc1cnn(-c2ccccc2Br)c1S(=O)(=O)Cl. The molecule has 8 heteroatoms. The van der Waals surface area contributed by atoms with Gasteiger partial charge in [-0.05, 0) is 28.1 Å². The molecule has 0 amide bonds. The average Bonchev–Trinajstić information content (AvgIpc) is 2.73. The van der Waals surface area contributed by atoms with Gasteiger partial charge >= 0.3 is 0 Å². The van der Waals surface area contributed by atoms with Gasteiger partial charge in [-0.1, -0.05) is 12.1 Å². The zero-order chi connectivity index (χ0) is 13.3. The van der Waals surface area contributed by atoms with Gasteiger partial charge < -0.3 is 0 Å². The maximum atomic E-state index is 11.5. The summed E-state index contributed by atoms with van der Waals surface area (Å²) < 4.78 is 24.8. The molecule has 5 nitrogen and oxygen atoms in total. The summed E-state index contributed by atoms with van der Waals surface area (Å²) in [5, 5.41) is 12.4. The molecular formula is C10H5BrClN3O2S. The maximum absolute atomic E-state index is 11.5. The molecule has 0 N–H and O–H groups in total. The second-order valence-electron chi connectivity index (χ2n) is 3.28. The molecular weight excluding hydrogens is 342 g/mol. The van der Waals surface area contributed by atoms with Crippen molar-refractivity contribution in [1.29, 1.82) is 5.26 Å². The monoisotopic (exact) mass is 345 g/mol. The van der Waals surface area contributed by atoms with Gasteiger partial charge in [-0.25, -0.2) is 13.1 Å². The maximum Gasteiger partial charge on any atom is 0.280 e. The van der Waals surface area contributed by atoms with Crippen LogP contribution in [-0.2, 0) is 9.05 Å². The number of benzene rings is 1. The molecule has 0 aliphatic carbocycles. The zero-order valence-electron chi connectivity index (χ0n) is 8.71. The van der Waals surface area contributed by atoms with E-state index in [-0.39, 0.29) is 10.6 Å². The van der Waals surface area contributed by atoms with E-state index in [1.165, 1.54) is 0 Å². The van der Waals surface area contributed by atoms with Gasteiger partial charge in [-0.15, -0.1) is 0 Å². The first kappa shape index (κ1) is 13.1. The van der Waals surface area contributed by atoms with E-state index in [0.717, 1.165) is 10.9 Å². The molecule has 0 unspecified atom stereocenters. The Labute approximate surface area is 116 Å². The number of nitriles is 1. The molecule has 0 bridgehead atoms. The van der Waals surface area contributed by atoms with Crippen LogP contribution in [0.15, 0.2) is 40.0 Å². The molecule has 1 aromatic carbocycles. The molecule has 2 rings (SSSR count). The molecule has 2 aromatic rings. The summed E-state index contributed by atoms with van der Waals surface area (Å²) in [4.78, 5) is 0. The minimum absolute atomic E-state index is 0.0965. The van der Waals surface area contributed by atoms with Crippen molar-refractivity contribution in [3.8, 4) is 11.8 Å². The van der Waals surface area contributed by atoms with Crippen LogP contribution in [0.3, 0.4) is 0 Å². The van der Waals surface area contributed by atoms with E-state index in [1.54, 1.807) is 30.3 Å². The van der Waals surface area contributed by atoms with Gasteiger partial charge in [-0.3, -0.25) is 0 Å². The van der Waals surface area contributed by atoms with Gasteiger partial charge in [-0.2, -0.15) is 10.4 Å². The minimum Gasteiger partial charge on any atom is -0.218 e. The second kappa shape index (κ2) is 4.72. The van der Waals surface area contributed by atoms with Crippen LogP contribution in [0.1, 0.15) is 5.56 Å². The van der Waals surface area contributed by atoms with Crippen LogP contribution < -0.4 is 0 Å². The van der Waals surface area contributed by atoms with E-state index in [4.69, 9.17) is 15.9 Å². The number of para-hydroxylation sites is 1. The number of rotatable bonds is 2. The number of hydrogen-bond donors (Lipinski definition) is 0. The second-order valence-corrected chi connectivity index (χ2v) is 6.61. The summed E-state index contributed by atoms with van der Waals surface area (Å²) in [5.41, 5.74) is 0.388. The summed E-state index contributed by atoms with van der Waals surface area (Å²) in [6.07, 6.45) is 1.16. The van der Waals surface area contributed by atoms with Gasteiger partial charge in [0.15, 0.2) is 5.03 Å². The largest absolute Gasteiger partial charge is 0.280 e. The van der Waals surface area contributed by atoms with Crippen molar-refractivity contribution in [2.75, 3.05) is 0 Å². The number of halogens is 2. The third kappa shape index (κ3) is 2.27. The van der Waals surface area contributed by atoms with Crippen LogP contribution in [0.4, 0.5) is 0 Å². The Hall–Kier alpha value is -1.36. The number of hydrogen-bond acceptors (Lipinski definition) is 4. The summed E-state index contributed by atoms with van der Waals surface area (Å²) in [5.74, 6) is 0. The fourth-order valence-corrected chi connectivity index (χ4v) is 3.05. The van der Waals surface area contributed by atoms with E-state index < -0.39 is 9.05 Å². The van der Waals surface area contributed by atoms with Crippen LogP contribution in [0.5, 0.6) is 0 Å². The molecule has 0 aliphatic rings. The molecule has 0 radical (unpaired) electrons. The van der Waals surface area contributed by atoms with E-state index >= 15 is 0 Å². The van der Waals surface area contributed by atoms with Gasteiger partial charge in [0.25, 0.3) is 9.05 Å². The Morgan fingerprint density at radius 1 is 1.39 bits per heavy atom. The topological polar surface area (TPSA) is 75.8 Å². The minimum atomic E-state index is -4.07. The van der Waals surface area contributed by atoms with Crippen LogP contribution in [0, 0.1) is 11.3 Å². The molecule has 0 fully saturated rings. The Balaban J connectivity index is 2.80. The Morgan fingerprint density at radius 3 is 2.61 bits per heavy atom. The first-order chi connectivity index (χ1) is 8.45. The Kier molecular flexibility index (Phi) is 3.43. The lowest BCUT2D eigenvalue weighted by Crippen LogP contribution is -2.06. The van der Waals surface area contributed by atoms with Crippen LogP contribution in [0.25, 0.3) is 5.69 Å². The molecule has 0 aliphatic heterocycles. The first-order valence-corrected chi connectivity index (χ1v) is 7.73. The summed E-state index contributed by atoms with van der Waals surface area (Å²) >= 11 is 3.28. The third-order valence-corrected chi connectivity index (χ3v) is 4.12. The fraction of sp³-hybridized carbons (Fsp3) is 0. The summed E-state index contributed by atoms with van der Waals surface area (Å²) in [6, 6.07) is 8.63. The van der Waals surface area contributed by atoms with Crippen molar-refractivity contribution < 1.29 is 8.42 Å². The lowest BCUT2D eigenvalue weighted by Gasteiger charge is -2.07. The predicted octanol–water partition coefficient (Wildman–Crippen LogP) is 2.43. The molecule has 0 saturated heterocycles. The van der Waals surface area contributed by atoms with Crippen molar-refractivity contribution in [3.05, 3.63) is 40.5 Å². The van der Waals surface area contributed by atoms with Crippen LogP contribution >= 0.6 is 26.6 Å². The highest BCUT2D eigenvalue weighted by Gasteiger charge is 2.24. The van der Waals surface area contributed by atoms with Crippen molar-refractivity contribution in [3.63, 3.8) is 0 Å². The van der Waals surface area contributed by atoms with Crippen LogP contribution in [-0.4, -0.2) is 18.2 Å². The molecule has 0 saturated carbocycles. The molecule has 1 aromatic heterocycles. The molecule has 92 valence electrons. The highest BCUT2D eigenvalue weighted by atomic mass is 79.9. The predicted molar refractivity (Wildman–Crippen MR) is 69.0 cm³/mol. The molecule has 18 heavy (non-hydrogen) atoms. The Morgan fingerprint density at radius 2 is 2.06 bits per heavy atom. The quantitative estimate of drug-likeness (QED) is 0.783. The van der Waals surface area contributed by atoms with Gasteiger partial charge in [0.05, 0.1) is 11.9 Å². The number of aromatic nitrogens is 2. The third-order valence-electron chi connectivity index (χ3n) is 2.16. The van der Waals surface area contributed by atoms with Crippen LogP contribution in [0.2, 0.25) is 0 Å². The van der Waals surface area contributed by atoms with Crippen molar-refractivity contribution >= 4 is 35.7 Å². The first-order valence-electron chi connectivity index (χ1n) is 4.63. The molecule has 0 spiro atoms. The van der Waals surface area contributed by atoms with E-state index in [0.29, 0.717) is 10.2 Å². The van der Waals surface area contributed by atoms with Crippen molar-refractivity contribution in [2.45, 2.75) is 5.03 Å². The van der Waals surface area contributed by atoms with E-state index in [2.05, 4.69) is 21.0 Å². The average molecular weight is 347 g/mol. The lowest BCUT2D eigenvalue weighted by molar-refractivity contribution is 0.599. The summed E-state index contributed by atoms with van der Waals surface area (Å²) in [6.45, 7) is 0. The van der Waals surface area contributed by atoms with Gasteiger partial charge in [0.2, 0.25) is 0 Å². The zero-order valence-corrected chi connectivity index (χ0v) is 11.9.